The van der Waals surface area contributed by atoms with Gasteiger partial charge in [-0.3, -0.25) is 4.79 Å². The van der Waals surface area contributed by atoms with Crippen LogP contribution in [0.3, 0.4) is 0 Å². The van der Waals surface area contributed by atoms with Crippen molar-refractivity contribution < 1.29 is 27.3 Å². The number of nitrogens with one attached hydrogen (secondary N) is 1. The molecule has 1 N–H and O–H groups in total. The van der Waals surface area contributed by atoms with Gasteiger partial charge in [0.1, 0.15) is 0 Å². The molecule has 0 radical (unpaired) electrons. The quantitative estimate of drug-likeness (QED) is 0.685. The molecular weight excluding hydrogens is 426 g/mol. The van der Waals surface area contributed by atoms with Crippen LogP contribution >= 0.6 is 15.9 Å². The minimum Gasteiger partial charge on any atom is -0.400 e. The summed E-state index contributed by atoms with van der Waals surface area (Å²) in [5.41, 5.74) is -0.776. The van der Waals surface area contributed by atoms with Gasteiger partial charge in [-0.2, -0.15) is 13.2 Å². The highest BCUT2D eigenvalue weighted by Gasteiger charge is 2.52. The molecule has 0 aromatic heterocycles. The molecule has 1 aromatic carbocycles. The van der Waals surface area contributed by atoms with E-state index in [1.54, 1.807) is 6.08 Å². The van der Waals surface area contributed by atoms with Gasteiger partial charge in [0, 0.05) is 17.9 Å². The van der Waals surface area contributed by atoms with Crippen LogP contribution in [0.4, 0.5) is 13.2 Å². The SMILES string of the molecule is CC(=O)NCC(=Cc1ccc(C(F)(F)F)cc1Br)B1OC(C)(C)C(C)(C)O1. The highest BCUT2D eigenvalue weighted by molar-refractivity contribution is 9.10. The normalized spacial score (nSPS) is 19.3. The molecule has 1 amide bonds. The highest BCUT2D eigenvalue weighted by Crippen LogP contribution is 2.39. The highest BCUT2D eigenvalue weighted by atomic mass is 79.9. The first-order chi connectivity index (χ1) is 12.2. The third-order valence-electron chi connectivity index (χ3n) is 4.77. The molecule has 9 heteroatoms. The van der Waals surface area contributed by atoms with E-state index in [0.29, 0.717) is 11.0 Å². The largest absolute Gasteiger partial charge is 0.492 e. The van der Waals surface area contributed by atoms with Crippen molar-refractivity contribution in [1.82, 2.24) is 5.32 Å². The first-order valence-corrected chi connectivity index (χ1v) is 9.19. The van der Waals surface area contributed by atoms with E-state index in [0.717, 1.165) is 12.1 Å². The van der Waals surface area contributed by atoms with Crippen LogP contribution in [0.1, 0.15) is 45.7 Å². The molecular formula is C18H22BBrF3NO3. The molecule has 1 aromatic rings. The molecule has 1 saturated heterocycles. The van der Waals surface area contributed by atoms with Crippen LogP contribution < -0.4 is 5.32 Å². The lowest BCUT2D eigenvalue weighted by atomic mass is 9.77. The number of hydrogen-bond donors (Lipinski definition) is 1. The Hall–Kier alpha value is -1.32. The summed E-state index contributed by atoms with van der Waals surface area (Å²) in [6.07, 6.45) is -2.75. The maximum Gasteiger partial charge on any atom is 0.492 e. The van der Waals surface area contributed by atoms with Gasteiger partial charge in [0.2, 0.25) is 5.91 Å². The standard InChI is InChI=1S/C18H22BBrF3NO3/c1-11(25)24-10-14(19-26-16(2,3)17(4,5)27-19)8-12-6-7-13(9-15(12)20)18(21,22)23/h6-9H,10H2,1-5H3,(H,24,25). The number of carbonyl (C=O) groups is 1. The summed E-state index contributed by atoms with van der Waals surface area (Å²) in [4.78, 5) is 11.3. The van der Waals surface area contributed by atoms with Crippen molar-refractivity contribution in [2.75, 3.05) is 6.54 Å². The number of alkyl halides is 3. The van der Waals surface area contributed by atoms with Gasteiger partial charge in [0.25, 0.3) is 0 Å². The Morgan fingerprint density at radius 2 is 1.78 bits per heavy atom. The lowest BCUT2D eigenvalue weighted by Crippen LogP contribution is -2.41. The van der Waals surface area contributed by atoms with Gasteiger partial charge in [-0.1, -0.05) is 28.1 Å². The zero-order valence-electron chi connectivity index (χ0n) is 15.8. The second-order valence-electron chi connectivity index (χ2n) is 7.45. The van der Waals surface area contributed by atoms with E-state index in [-0.39, 0.29) is 16.9 Å². The summed E-state index contributed by atoms with van der Waals surface area (Å²) >= 11 is 3.19. The van der Waals surface area contributed by atoms with Crippen LogP contribution in [0.2, 0.25) is 0 Å². The van der Waals surface area contributed by atoms with E-state index in [2.05, 4.69) is 21.2 Å². The van der Waals surface area contributed by atoms with Gasteiger partial charge in [0.15, 0.2) is 0 Å². The first kappa shape index (κ1) is 22.0. The van der Waals surface area contributed by atoms with Crippen molar-refractivity contribution in [2.24, 2.45) is 0 Å². The van der Waals surface area contributed by atoms with E-state index in [9.17, 15) is 18.0 Å². The van der Waals surface area contributed by atoms with E-state index < -0.39 is 30.1 Å². The molecule has 1 fully saturated rings. The minimum atomic E-state index is -4.42. The minimum absolute atomic E-state index is 0.152. The average Bonchev–Trinajstić information content (AvgIpc) is 2.71. The predicted molar refractivity (Wildman–Crippen MR) is 102 cm³/mol. The molecule has 1 heterocycles. The fourth-order valence-corrected chi connectivity index (χ4v) is 2.94. The molecule has 148 valence electrons. The third kappa shape index (κ3) is 5.15. The van der Waals surface area contributed by atoms with Gasteiger partial charge in [-0.05, 0) is 50.9 Å². The van der Waals surface area contributed by atoms with Crippen LogP contribution in [-0.4, -0.2) is 30.8 Å². The van der Waals surface area contributed by atoms with Crippen LogP contribution in [0, 0.1) is 0 Å². The van der Waals surface area contributed by atoms with Crippen LogP contribution in [-0.2, 0) is 20.3 Å². The summed E-state index contributed by atoms with van der Waals surface area (Å²) in [7, 11) is -0.726. The molecule has 4 nitrogen and oxygen atoms in total. The molecule has 0 unspecified atom stereocenters. The Labute approximate surface area is 165 Å². The molecule has 0 spiro atoms. The molecule has 0 saturated carbocycles. The van der Waals surface area contributed by atoms with E-state index in [1.165, 1.54) is 13.0 Å². The van der Waals surface area contributed by atoms with Crippen LogP contribution in [0.25, 0.3) is 6.08 Å². The summed E-state index contributed by atoms with van der Waals surface area (Å²) in [6, 6.07) is 3.40. The fourth-order valence-electron chi connectivity index (χ4n) is 2.44. The van der Waals surface area contributed by atoms with Crippen molar-refractivity contribution in [1.29, 1.82) is 0 Å². The molecule has 0 aliphatic carbocycles. The number of hydrogen-bond acceptors (Lipinski definition) is 3. The Morgan fingerprint density at radius 3 is 2.22 bits per heavy atom. The first-order valence-electron chi connectivity index (χ1n) is 8.40. The van der Waals surface area contributed by atoms with Gasteiger partial charge in [-0.15, -0.1) is 0 Å². The number of rotatable bonds is 4. The van der Waals surface area contributed by atoms with Crippen molar-refractivity contribution in [3.05, 3.63) is 39.3 Å². The van der Waals surface area contributed by atoms with E-state index >= 15 is 0 Å². The van der Waals surface area contributed by atoms with E-state index in [4.69, 9.17) is 9.31 Å². The van der Waals surface area contributed by atoms with Crippen molar-refractivity contribution in [3.8, 4) is 0 Å². The fraction of sp³-hybridized carbons (Fsp3) is 0.500. The number of benzene rings is 1. The number of amides is 1. The van der Waals surface area contributed by atoms with Crippen molar-refractivity contribution in [3.63, 3.8) is 0 Å². The van der Waals surface area contributed by atoms with Gasteiger partial charge in [-0.25, -0.2) is 0 Å². The second-order valence-corrected chi connectivity index (χ2v) is 8.31. The van der Waals surface area contributed by atoms with Crippen LogP contribution in [0.15, 0.2) is 28.1 Å². The van der Waals surface area contributed by atoms with Crippen molar-refractivity contribution in [2.45, 2.75) is 52.0 Å². The Bertz CT molecular complexity index is 747. The molecule has 0 bridgehead atoms. The van der Waals surface area contributed by atoms with Gasteiger partial charge < -0.3 is 14.6 Å². The Morgan fingerprint density at radius 1 is 1.22 bits per heavy atom. The molecule has 0 atom stereocenters. The molecule has 1 aliphatic heterocycles. The zero-order valence-corrected chi connectivity index (χ0v) is 17.4. The molecule has 27 heavy (non-hydrogen) atoms. The third-order valence-corrected chi connectivity index (χ3v) is 5.45. The van der Waals surface area contributed by atoms with Crippen LogP contribution in [0.5, 0.6) is 0 Å². The summed E-state index contributed by atoms with van der Waals surface area (Å²) < 4.78 is 50.9. The molecule has 2 rings (SSSR count). The average molecular weight is 448 g/mol. The summed E-state index contributed by atoms with van der Waals surface area (Å²) in [6.45, 7) is 9.14. The maximum absolute atomic E-state index is 12.9. The predicted octanol–water partition coefficient (Wildman–Crippen LogP) is 4.62. The lowest BCUT2D eigenvalue weighted by molar-refractivity contribution is -0.137. The Kier molecular flexibility index (Phi) is 6.19. The van der Waals surface area contributed by atoms with Crippen molar-refractivity contribution >= 4 is 35.0 Å². The monoisotopic (exact) mass is 447 g/mol. The number of carbonyl (C=O) groups excluding carboxylic acids is 1. The summed E-state index contributed by atoms with van der Waals surface area (Å²) in [5.74, 6) is -0.232. The topological polar surface area (TPSA) is 47.6 Å². The van der Waals surface area contributed by atoms with Gasteiger partial charge >= 0.3 is 13.3 Å². The molecule has 1 aliphatic rings. The smallest absolute Gasteiger partial charge is 0.400 e. The maximum atomic E-state index is 12.9. The lowest BCUT2D eigenvalue weighted by Gasteiger charge is -2.32. The second kappa shape index (κ2) is 7.60. The number of halogens is 4. The Balaban J connectivity index is 2.39. The summed E-state index contributed by atoms with van der Waals surface area (Å²) in [5, 5.41) is 2.69. The van der Waals surface area contributed by atoms with Gasteiger partial charge in [0.05, 0.1) is 16.8 Å². The van der Waals surface area contributed by atoms with E-state index in [1.807, 2.05) is 27.7 Å². The zero-order chi connectivity index (χ0) is 20.6.